The van der Waals surface area contributed by atoms with Gasteiger partial charge in [-0.25, -0.2) is 13.4 Å². The number of ether oxygens (including phenoxy) is 2. The first-order valence-electron chi connectivity index (χ1n) is 11.4. The monoisotopic (exact) mass is 550 g/mol. The highest BCUT2D eigenvalue weighted by molar-refractivity contribution is 7.89. The van der Waals surface area contributed by atoms with Gasteiger partial charge in [-0.1, -0.05) is 23.2 Å². The first-order valence-corrected chi connectivity index (χ1v) is 13.6. The van der Waals surface area contributed by atoms with Crippen LogP contribution in [0.2, 0.25) is 10.0 Å². The molecule has 0 radical (unpaired) electrons. The van der Waals surface area contributed by atoms with E-state index in [9.17, 15) is 13.2 Å². The van der Waals surface area contributed by atoms with Gasteiger partial charge >= 0.3 is 5.97 Å². The van der Waals surface area contributed by atoms with E-state index in [2.05, 4.69) is 10.1 Å². The molecule has 0 aliphatic heterocycles. The molecule has 0 amide bonds. The molecule has 3 aromatic rings. The van der Waals surface area contributed by atoms with Gasteiger partial charge in [0.2, 0.25) is 15.9 Å². The van der Waals surface area contributed by atoms with Crippen molar-refractivity contribution in [1.82, 2.24) is 19.1 Å². The fraction of sp³-hybridized carbons (Fsp3) is 0.348. The maximum Gasteiger partial charge on any atom is 0.327 e. The van der Waals surface area contributed by atoms with Crippen LogP contribution in [0.1, 0.15) is 37.1 Å². The van der Waals surface area contributed by atoms with Crippen molar-refractivity contribution in [2.24, 2.45) is 0 Å². The van der Waals surface area contributed by atoms with Crippen LogP contribution in [0.25, 0.3) is 0 Å². The largest absolute Gasteiger partial charge is 0.465 e. The highest BCUT2D eigenvalue weighted by Crippen LogP contribution is 2.36. The number of fused-ring (bicyclic) bond motifs is 1. The molecule has 1 atom stereocenters. The molecule has 0 spiro atoms. The van der Waals surface area contributed by atoms with E-state index in [1.165, 1.54) is 16.6 Å². The predicted molar refractivity (Wildman–Crippen MR) is 138 cm³/mol. The molecular weight excluding hydrogens is 526 g/mol. The number of benzene rings is 1. The zero-order valence-electron chi connectivity index (χ0n) is 20.1. The first-order chi connectivity index (χ1) is 17.1. The lowest BCUT2D eigenvalue weighted by atomic mass is 9.93. The molecular formula is C23H25BCl2N4O5S. The summed E-state index contributed by atoms with van der Waals surface area (Å²) >= 11 is 12.2. The topological polar surface area (TPSA) is 104 Å². The Bertz CT molecular complexity index is 1400. The van der Waals surface area contributed by atoms with E-state index in [1.54, 1.807) is 50.9 Å². The van der Waals surface area contributed by atoms with Gasteiger partial charge in [-0.3, -0.25) is 9.48 Å². The minimum absolute atomic E-state index is 0.00637. The van der Waals surface area contributed by atoms with E-state index in [0.29, 0.717) is 34.1 Å². The maximum atomic E-state index is 13.5. The van der Waals surface area contributed by atoms with E-state index in [0.717, 1.165) is 17.7 Å². The Balaban J connectivity index is 1.57. The predicted octanol–water partition coefficient (Wildman–Crippen LogP) is 2.90. The number of hydrogen-bond donors (Lipinski definition) is 0. The summed E-state index contributed by atoms with van der Waals surface area (Å²) in [5.41, 5.74) is 2.15. The third-order valence-electron chi connectivity index (χ3n) is 6.04. The van der Waals surface area contributed by atoms with Crippen molar-refractivity contribution in [3.63, 3.8) is 0 Å². The summed E-state index contributed by atoms with van der Waals surface area (Å²) in [5, 5.41) is 5.14. The highest BCUT2D eigenvalue weighted by atomic mass is 35.5. The number of esters is 1. The van der Waals surface area contributed by atoms with Gasteiger partial charge in [0.15, 0.2) is 0 Å². The van der Waals surface area contributed by atoms with Gasteiger partial charge in [0.05, 0.1) is 30.1 Å². The number of carbonyl (C=O) groups excluding carboxylic acids is 1. The Kier molecular flexibility index (Phi) is 7.94. The van der Waals surface area contributed by atoms with E-state index in [-0.39, 0.29) is 29.9 Å². The molecule has 1 aliphatic rings. The molecule has 0 unspecified atom stereocenters. The van der Waals surface area contributed by atoms with Crippen molar-refractivity contribution < 1.29 is 22.7 Å². The number of nitrogens with zero attached hydrogens (tertiary/aromatic N) is 4. The standard InChI is InChI=1S/C23H25BCl2N4O5S/c1-3-34-22(31)13-30-20-6-4-5-19(16(20)12-28-30)29(2)36(32,33)15-10-17(24)23(27-11-15)35-21-9-14(25)7-8-18(21)26/h7-12,19H,3-6,13,24H2,1-2H3/t19-/m1/s1. The second-order valence-corrected chi connectivity index (χ2v) is 11.2. The van der Waals surface area contributed by atoms with E-state index in [1.807, 2.05) is 0 Å². The molecule has 9 nitrogen and oxygen atoms in total. The lowest BCUT2D eigenvalue weighted by Gasteiger charge is -2.31. The molecule has 2 aromatic heterocycles. The normalized spacial score (nSPS) is 15.5. The van der Waals surface area contributed by atoms with E-state index in [4.69, 9.17) is 32.7 Å². The third-order valence-corrected chi connectivity index (χ3v) is 8.42. The van der Waals surface area contributed by atoms with Crippen molar-refractivity contribution in [2.45, 2.75) is 43.7 Å². The van der Waals surface area contributed by atoms with E-state index < -0.39 is 16.1 Å². The Morgan fingerprint density at radius 2 is 2.06 bits per heavy atom. The molecule has 36 heavy (non-hydrogen) atoms. The SMILES string of the molecule is Bc1cc(S(=O)(=O)N(C)[C@@H]2CCCc3c2cnn3CC(=O)OCC)cnc1Oc1cc(Cl)ccc1Cl. The van der Waals surface area contributed by atoms with Crippen molar-refractivity contribution >= 4 is 52.5 Å². The van der Waals surface area contributed by atoms with Crippen LogP contribution in [0.3, 0.4) is 0 Å². The summed E-state index contributed by atoms with van der Waals surface area (Å²) in [6.45, 7) is 2.02. The molecule has 0 N–H and O–H groups in total. The van der Waals surface area contributed by atoms with Gasteiger partial charge in [-0.2, -0.15) is 9.40 Å². The van der Waals surface area contributed by atoms with Crippen molar-refractivity contribution in [1.29, 1.82) is 0 Å². The van der Waals surface area contributed by atoms with Crippen molar-refractivity contribution in [3.8, 4) is 11.6 Å². The third kappa shape index (κ3) is 5.39. The summed E-state index contributed by atoms with van der Waals surface area (Å²) < 4.78 is 40.8. The van der Waals surface area contributed by atoms with Crippen LogP contribution in [0.15, 0.2) is 41.6 Å². The molecule has 13 heteroatoms. The number of aromatic nitrogens is 3. The average Bonchev–Trinajstić information content (AvgIpc) is 3.25. The second-order valence-electron chi connectivity index (χ2n) is 8.41. The Morgan fingerprint density at radius 3 is 2.78 bits per heavy atom. The zero-order valence-corrected chi connectivity index (χ0v) is 22.4. The van der Waals surface area contributed by atoms with Crippen LogP contribution in [-0.4, -0.2) is 55.0 Å². The van der Waals surface area contributed by atoms with Gasteiger partial charge in [0.25, 0.3) is 0 Å². The number of hydrogen-bond acceptors (Lipinski definition) is 7. The molecule has 0 bridgehead atoms. The summed E-state index contributed by atoms with van der Waals surface area (Å²) in [5.74, 6) is 0.164. The summed E-state index contributed by atoms with van der Waals surface area (Å²) in [6, 6.07) is 5.90. The number of halogens is 2. The van der Waals surface area contributed by atoms with Gasteiger partial charge < -0.3 is 9.47 Å². The fourth-order valence-electron chi connectivity index (χ4n) is 4.22. The molecule has 0 saturated carbocycles. The summed E-state index contributed by atoms with van der Waals surface area (Å²) in [7, 11) is -0.640. The fourth-order valence-corrected chi connectivity index (χ4v) is 5.93. The minimum atomic E-state index is -3.89. The number of sulfonamides is 1. The molecule has 1 aliphatic carbocycles. The van der Waals surface area contributed by atoms with Crippen LogP contribution in [0, 0.1) is 0 Å². The van der Waals surface area contributed by atoms with Crippen LogP contribution in [0.4, 0.5) is 0 Å². The Hall–Kier alpha value is -2.60. The van der Waals surface area contributed by atoms with Crippen LogP contribution >= 0.6 is 23.2 Å². The molecule has 4 rings (SSSR count). The van der Waals surface area contributed by atoms with Crippen molar-refractivity contribution in [3.05, 3.63) is 58.0 Å². The van der Waals surface area contributed by atoms with Crippen LogP contribution in [-0.2, 0) is 32.5 Å². The quantitative estimate of drug-likeness (QED) is 0.314. The maximum absolute atomic E-state index is 13.5. The second kappa shape index (κ2) is 10.8. The lowest BCUT2D eigenvalue weighted by Crippen LogP contribution is -2.34. The number of pyridine rings is 1. The van der Waals surface area contributed by atoms with Gasteiger partial charge in [-0.15, -0.1) is 0 Å². The smallest absolute Gasteiger partial charge is 0.327 e. The van der Waals surface area contributed by atoms with Crippen LogP contribution in [0.5, 0.6) is 11.6 Å². The number of rotatable bonds is 8. The molecule has 2 heterocycles. The van der Waals surface area contributed by atoms with Gasteiger partial charge in [-0.05, 0) is 49.8 Å². The average molecular weight is 551 g/mol. The first kappa shape index (κ1) is 26.5. The Labute approximate surface area is 220 Å². The summed E-state index contributed by atoms with van der Waals surface area (Å²) in [4.78, 5) is 16.2. The van der Waals surface area contributed by atoms with Gasteiger partial charge in [0.1, 0.15) is 25.0 Å². The minimum Gasteiger partial charge on any atom is -0.465 e. The lowest BCUT2D eigenvalue weighted by molar-refractivity contribution is -0.144. The molecule has 190 valence electrons. The Morgan fingerprint density at radius 1 is 1.28 bits per heavy atom. The highest BCUT2D eigenvalue weighted by Gasteiger charge is 2.34. The molecule has 0 fully saturated rings. The van der Waals surface area contributed by atoms with Crippen LogP contribution < -0.4 is 10.2 Å². The van der Waals surface area contributed by atoms with E-state index >= 15 is 0 Å². The molecule has 1 aromatic carbocycles. The van der Waals surface area contributed by atoms with Crippen molar-refractivity contribution in [2.75, 3.05) is 13.7 Å². The zero-order chi connectivity index (χ0) is 26.0. The van der Waals surface area contributed by atoms with Gasteiger partial charge in [0, 0.05) is 29.4 Å². The number of carbonyl (C=O) groups is 1. The summed E-state index contributed by atoms with van der Waals surface area (Å²) in [6.07, 6.45) is 5.00. The molecule has 0 saturated heterocycles.